The first kappa shape index (κ1) is 15.6. The quantitative estimate of drug-likeness (QED) is 0.859. The number of nitrogens with zero attached hydrogens (tertiary/aromatic N) is 1. The summed E-state index contributed by atoms with van der Waals surface area (Å²) in [4.78, 5) is 0. The third kappa shape index (κ3) is 6.32. The van der Waals surface area contributed by atoms with Gasteiger partial charge in [-0.2, -0.15) is 5.26 Å². The fourth-order valence-electron chi connectivity index (χ4n) is 1.98. The molecule has 1 aromatic carbocycles. The minimum atomic E-state index is -0.427. The monoisotopic (exact) mass is 264 g/mol. The molecule has 0 saturated heterocycles. The highest BCUT2D eigenvalue weighted by molar-refractivity contribution is 5.33. The van der Waals surface area contributed by atoms with Gasteiger partial charge in [-0.05, 0) is 35.6 Å². The van der Waals surface area contributed by atoms with Crippen LogP contribution in [0.15, 0.2) is 18.2 Å². The molecule has 19 heavy (non-hydrogen) atoms. The SMILES string of the molecule is CC(C)(C)CC(O)CNCc1cc(F)cc(C#N)c1. The van der Waals surface area contributed by atoms with E-state index < -0.39 is 11.9 Å². The molecular weight excluding hydrogens is 243 g/mol. The van der Waals surface area contributed by atoms with Crippen LogP contribution < -0.4 is 5.32 Å². The van der Waals surface area contributed by atoms with Crippen molar-refractivity contribution in [1.29, 1.82) is 5.26 Å². The van der Waals surface area contributed by atoms with Gasteiger partial charge in [-0.3, -0.25) is 0 Å². The number of aliphatic hydroxyl groups is 1. The van der Waals surface area contributed by atoms with Crippen LogP contribution in [0.4, 0.5) is 4.39 Å². The van der Waals surface area contributed by atoms with Crippen molar-refractivity contribution in [2.24, 2.45) is 5.41 Å². The molecule has 0 spiro atoms. The molecule has 1 rings (SSSR count). The Kier molecular flexibility index (Phi) is 5.46. The molecule has 1 atom stereocenters. The fraction of sp³-hybridized carbons (Fsp3) is 0.533. The smallest absolute Gasteiger partial charge is 0.124 e. The predicted molar refractivity (Wildman–Crippen MR) is 72.9 cm³/mol. The van der Waals surface area contributed by atoms with Crippen LogP contribution in [-0.2, 0) is 6.54 Å². The van der Waals surface area contributed by atoms with Crippen molar-refractivity contribution in [3.8, 4) is 6.07 Å². The highest BCUT2D eigenvalue weighted by atomic mass is 19.1. The maximum atomic E-state index is 13.2. The Labute approximate surface area is 114 Å². The van der Waals surface area contributed by atoms with Gasteiger partial charge in [0.15, 0.2) is 0 Å². The van der Waals surface area contributed by atoms with Crippen molar-refractivity contribution in [1.82, 2.24) is 5.32 Å². The molecule has 0 saturated carbocycles. The van der Waals surface area contributed by atoms with Crippen molar-refractivity contribution in [2.75, 3.05) is 6.54 Å². The van der Waals surface area contributed by atoms with Gasteiger partial charge in [-0.15, -0.1) is 0 Å². The number of nitriles is 1. The summed E-state index contributed by atoms with van der Waals surface area (Å²) < 4.78 is 13.2. The lowest BCUT2D eigenvalue weighted by atomic mass is 9.89. The molecule has 0 aromatic heterocycles. The van der Waals surface area contributed by atoms with Crippen LogP contribution in [0.5, 0.6) is 0 Å². The van der Waals surface area contributed by atoms with E-state index in [9.17, 15) is 9.50 Å². The van der Waals surface area contributed by atoms with E-state index in [-0.39, 0.29) is 5.41 Å². The number of aliphatic hydroxyl groups excluding tert-OH is 1. The number of benzene rings is 1. The zero-order chi connectivity index (χ0) is 14.5. The first-order valence-electron chi connectivity index (χ1n) is 6.38. The molecule has 0 aliphatic heterocycles. The van der Waals surface area contributed by atoms with E-state index >= 15 is 0 Å². The normalized spacial score (nSPS) is 13.1. The molecule has 0 amide bonds. The Morgan fingerprint density at radius 2 is 2.05 bits per heavy atom. The number of rotatable bonds is 5. The van der Waals surface area contributed by atoms with Gasteiger partial charge in [0.05, 0.1) is 17.7 Å². The summed E-state index contributed by atoms with van der Waals surface area (Å²) in [5.74, 6) is -0.411. The van der Waals surface area contributed by atoms with Crippen molar-refractivity contribution < 1.29 is 9.50 Å². The molecule has 0 radical (unpaired) electrons. The molecule has 1 aromatic rings. The summed E-state index contributed by atoms with van der Waals surface area (Å²) in [6.07, 6.45) is 0.274. The molecule has 2 N–H and O–H groups in total. The van der Waals surface area contributed by atoms with E-state index in [4.69, 9.17) is 5.26 Å². The number of halogens is 1. The van der Waals surface area contributed by atoms with E-state index in [1.54, 1.807) is 6.07 Å². The molecule has 104 valence electrons. The molecule has 1 unspecified atom stereocenters. The van der Waals surface area contributed by atoms with Gasteiger partial charge in [0.2, 0.25) is 0 Å². The highest BCUT2D eigenvalue weighted by Gasteiger charge is 2.16. The predicted octanol–water partition coefficient (Wildman–Crippen LogP) is 2.58. The van der Waals surface area contributed by atoms with Gasteiger partial charge in [0.1, 0.15) is 5.82 Å². The summed E-state index contributed by atoms with van der Waals surface area (Å²) in [6, 6.07) is 6.17. The Morgan fingerprint density at radius 1 is 1.37 bits per heavy atom. The van der Waals surface area contributed by atoms with E-state index in [2.05, 4.69) is 26.1 Å². The van der Waals surface area contributed by atoms with Crippen molar-refractivity contribution in [2.45, 2.75) is 39.8 Å². The maximum absolute atomic E-state index is 13.2. The largest absolute Gasteiger partial charge is 0.392 e. The fourth-order valence-corrected chi connectivity index (χ4v) is 1.98. The standard InChI is InChI=1S/C15H21FN2O/c1-15(2,3)7-14(19)10-18-9-12-4-11(8-17)5-13(16)6-12/h4-6,14,18-19H,7,9-10H2,1-3H3. The van der Waals surface area contributed by atoms with Crippen LogP contribution in [0.3, 0.4) is 0 Å². The second-order valence-corrected chi connectivity index (χ2v) is 6.01. The van der Waals surface area contributed by atoms with E-state index in [1.807, 2.05) is 6.07 Å². The maximum Gasteiger partial charge on any atom is 0.124 e. The first-order valence-corrected chi connectivity index (χ1v) is 6.38. The second-order valence-electron chi connectivity index (χ2n) is 6.01. The summed E-state index contributed by atoms with van der Waals surface area (Å²) in [6.45, 7) is 7.11. The molecule has 0 aliphatic carbocycles. The summed E-state index contributed by atoms with van der Waals surface area (Å²) >= 11 is 0. The first-order chi connectivity index (χ1) is 8.80. The van der Waals surface area contributed by atoms with Gasteiger partial charge < -0.3 is 10.4 Å². The average Bonchev–Trinajstić information content (AvgIpc) is 2.25. The van der Waals surface area contributed by atoms with Gasteiger partial charge in [0, 0.05) is 13.1 Å². The molecule has 0 fully saturated rings. The zero-order valence-electron chi connectivity index (χ0n) is 11.7. The summed E-state index contributed by atoms with van der Waals surface area (Å²) in [7, 11) is 0. The minimum absolute atomic E-state index is 0.0773. The Balaban J connectivity index is 2.45. The van der Waals surface area contributed by atoms with E-state index in [0.29, 0.717) is 30.6 Å². The van der Waals surface area contributed by atoms with Gasteiger partial charge in [-0.1, -0.05) is 20.8 Å². The molecule has 0 bridgehead atoms. The molecule has 3 nitrogen and oxygen atoms in total. The van der Waals surface area contributed by atoms with Gasteiger partial charge in [-0.25, -0.2) is 4.39 Å². The van der Waals surface area contributed by atoms with E-state index in [0.717, 1.165) is 0 Å². The van der Waals surface area contributed by atoms with Crippen LogP contribution in [0.2, 0.25) is 0 Å². The lowest BCUT2D eigenvalue weighted by Crippen LogP contribution is -2.29. The minimum Gasteiger partial charge on any atom is -0.392 e. The lowest BCUT2D eigenvalue weighted by molar-refractivity contribution is 0.119. The van der Waals surface area contributed by atoms with Gasteiger partial charge >= 0.3 is 0 Å². The third-order valence-electron chi connectivity index (χ3n) is 2.64. The zero-order valence-corrected chi connectivity index (χ0v) is 11.7. The van der Waals surface area contributed by atoms with Crippen LogP contribution in [0.25, 0.3) is 0 Å². The molecule has 0 aliphatic rings. The average molecular weight is 264 g/mol. The number of hydrogen-bond donors (Lipinski definition) is 2. The number of nitrogens with one attached hydrogen (secondary N) is 1. The Bertz CT molecular complexity index is 460. The van der Waals surface area contributed by atoms with Crippen LogP contribution in [0, 0.1) is 22.6 Å². The topological polar surface area (TPSA) is 56.0 Å². The molecule has 4 heteroatoms. The van der Waals surface area contributed by atoms with Crippen molar-refractivity contribution in [3.05, 3.63) is 35.1 Å². The van der Waals surface area contributed by atoms with Crippen LogP contribution in [-0.4, -0.2) is 17.8 Å². The third-order valence-corrected chi connectivity index (χ3v) is 2.64. The van der Waals surface area contributed by atoms with Gasteiger partial charge in [0.25, 0.3) is 0 Å². The van der Waals surface area contributed by atoms with E-state index in [1.165, 1.54) is 12.1 Å². The summed E-state index contributed by atoms with van der Waals surface area (Å²) in [5, 5.41) is 21.7. The lowest BCUT2D eigenvalue weighted by Gasteiger charge is -2.22. The van der Waals surface area contributed by atoms with Crippen LogP contribution >= 0.6 is 0 Å². The molecular formula is C15H21FN2O. The Hall–Kier alpha value is -1.44. The second kappa shape index (κ2) is 6.65. The molecule has 0 heterocycles. The summed E-state index contributed by atoms with van der Waals surface area (Å²) in [5.41, 5.74) is 1.10. The Morgan fingerprint density at radius 3 is 2.63 bits per heavy atom. The highest BCUT2D eigenvalue weighted by Crippen LogP contribution is 2.20. The van der Waals surface area contributed by atoms with Crippen LogP contribution in [0.1, 0.15) is 38.3 Å². The van der Waals surface area contributed by atoms with Crippen molar-refractivity contribution >= 4 is 0 Å². The number of hydrogen-bond acceptors (Lipinski definition) is 3. The van der Waals surface area contributed by atoms with Crippen molar-refractivity contribution in [3.63, 3.8) is 0 Å².